The van der Waals surface area contributed by atoms with Crippen molar-refractivity contribution < 1.29 is 0 Å². The molecular weight excluding hydrogens is 182 g/mol. The van der Waals surface area contributed by atoms with Crippen LogP contribution in [0.4, 0.5) is 0 Å². The van der Waals surface area contributed by atoms with Crippen LogP contribution < -0.4 is 0 Å². The summed E-state index contributed by atoms with van der Waals surface area (Å²) in [6, 6.07) is 9.02. The highest BCUT2D eigenvalue weighted by atomic mass is 15.1. The van der Waals surface area contributed by atoms with Crippen molar-refractivity contribution in [3.05, 3.63) is 42.0 Å². The molecule has 1 heteroatoms. The SMILES string of the molecule is C=Cc1ccccc1C(CCC)N(C)C. The molecule has 15 heavy (non-hydrogen) atoms. The lowest BCUT2D eigenvalue weighted by molar-refractivity contribution is 0.282. The van der Waals surface area contributed by atoms with Crippen molar-refractivity contribution in [3.8, 4) is 0 Å². The van der Waals surface area contributed by atoms with Crippen molar-refractivity contribution in [2.24, 2.45) is 0 Å². The zero-order chi connectivity index (χ0) is 11.3. The van der Waals surface area contributed by atoms with Gasteiger partial charge in [0, 0.05) is 6.04 Å². The van der Waals surface area contributed by atoms with Crippen LogP contribution in [0.15, 0.2) is 30.8 Å². The van der Waals surface area contributed by atoms with Gasteiger partial charge in [0.1, 0.15) is 0 Å². The van der Waals surface area contributed by atoms with E-state index in [2.05, 4.69) is 56.8 Å². The standard InChI is InChI=1S/C14H21N/c1-5-9-14(15(3)4)13-11-8-7-10-12(13)6-2/h6-8,10-11,14H,2,5,9H2,1,3-4H3. The van der Waals surface area contributed by atoms with Crippen LogP contribution in [0.1, 0.15) is 36.9 Å². The lowest BCUT2D eigenvalue weighted by Crippen LogP contribution is -2.20. The van der Waals surface area contributed by atoms with Crippen molar-refractivity contribution in [3.63, 3.8) is 0 Å². The molecule has 82 valence electrons. The third kappa shape index (κ3) is 2.93. The fraction of sp³-hybridized carbons (Fsp3) is 0.429. The van der Waals surface area contributed by atoms with E-state index >= 15 is 0 Å². The summed E-state index contributed by atoms with van der Waals surface area (Å²) in [5.41, 5.74) is 2.64. The molecule has 0 N–H and O–H groups in total. The van der Waals surface area contributed by atoms with E-state index in [-0.39, 0.29) is 0 Å². The molecule has 0 aliphatic rings. The normalized spacial score (nSPS) is 12.8. The van der Waals surface area contributed by atoms with Gasteiger partial charge in [0.25, 0.3) is 0 Å². The van der Waals surface area contributed by atoms with Gasteiger partial charge < -0.3 is 4.90 Å². The summed E-state index contributed by atoms with van der Waals surface area (Å²) in [6.07, 6.45) is 4.34. The van der Waals surface area contributed by atoms with E-state index in [4.69, 9.17) is 0 Å². The monoisotopic (exact) mass is 203 g/mol. The van der Waals surface area contributed by atoms with Gasteiger partial charge in [-0.25, -0.2) is 0 Å². The van der Waals surface area contributed by atoms with Gasteiger partial charge in [0.15, 0.2) is 0 Å². The fourth-order valence-corrected chi connectivity index (χ4v) is 1.97. The maximum atomic E-state index is 3.87. The summed E-state index contributed by atoms with van der Waals surface area (Å²) in [5.74, 6) is 0. The molecule has 0 aliphatic heterocycles. The topological polar surface area (TPSA) is 3.24 Å². The van der Waals surface area contributed by atoms with E-state index in [1.165, 1.54) is 24.0 Å². The highest BCUT2D eigenvalue weighted by molar-refractivity contribution is 5.52. The largest absolute Gasteiger partial charge is 0.302 e. The van der Waals surface area contributed by atoms with E-state index in [0.29, 0.717) is 6.04 Å². The van der Waals surface area contributed by atoms with Crippen LogP contribution in [0.5, 0.6) is 0 Å². The first-order chi connectivity index (χ1) is 7.20. The molecule has 0 saturated heterocycles. The van der Waals surface area contributed by atoms with Gasteiger partial charge >= 0.3 is 0 Å². The molecule has 0 spiro atoms. The summed E-state index contributed by atoms with van der Waals surface area (Å²) >= 11 is 0. The molecule has 0 aromatic heterocycles. The minimum atomic E-state index is 0.504. The Bertz CT molecular complexity index is 315. The van der Waals surface area contributed by atoms with Gasteiger partial charge in [-0.1, -0.05) is 50.3 Å². The minimum Gasteiger partial charge on any atom is -0.302 e. The molecule has 0 saturated carbocycles. The van der Waals surface area contributed by atoms with E-state index < -0.39 is 0 Å². The first-order valence-corrected chi connectivity index (χ1v) is 5.58. The molecule has 1 unspecified atom stereocenters. The molecule has 0 amide bonds. The molecule has 1 aromatic rings. The number of rotatable bonds is 5. The van der Waals surface area contributed by atoms with Gasteiger partial charge in [-0.15, -0.1) is 0 Å². The van der Waals surface area contributed by atoms with Gasteiger partial charge in [0.05, 0.1) is 0 Å². The second kappa shape index (κ2) is 5.72. The van der Waals surface area contributed by atoms with Gasteiger partial charge in [-0.3, -0.25) is 0 Å². The maximum Gasteiger partial charge on any atom is 0.0347 e. The van der Waals surface area contributed by atoms with Gasteiger partial charge in [0.2, 0.25) is 0 Å². The van der Waals surface area contributed by atoms with Crippen molar-refractivity contribution in [2.45, 2.75) is 25.8 Å². The van der Waals surface area contributed by atoms with Crippen LogP contribution in [-0.4, -0.2) is 19.0 Å². The molecule has 0 radical (unpaired) electrons. The Hall–Kier alpha value is -1.08. The number of nitrogens with zero attached hydrogens (tertiary/aromatic N) is 1. The van der Waals surface area contributed by atoms with E-state index in [0.717, 1.165) is 0 Å². The summed E-state index contributed by atoms with van der Waals surface area (Å²) in [7, 11) is 4.28. The van der Waals surface area contributed by atoms with Crippen molar-refractivity contribution in [1.29, 1.82) is 0 Å². The van der Waals surface area contributed by atoms with Crippen LogP contribution >= 0.6 is 0 Å². The molecule has 1 rings (SSSR count). The van der Waals surface area contributed by atoms with Gasteiger partial charge in [-0.2, -0.15) is 0 Å². The molecular formula is C14H21N. The predicted octanol–water partition coefficient (Wildman–Crippen LogP) is 3.73. The average molecular weight is 203 g/mol. The molecule has 0 aliphatic carbocycles. The molecule has 0 heterocycles. The Kier molecular flexibility index (Phi) is 4.57. The summed E-state index contributed by atoms with van der Waals surface area (Å²) in [5, 5.41) is 0. The zero-order valence-corrected chi connectivity index (χ0v) is 10.0. The first kappa shape index (κ1) is 12.0. The van der Waals surface area contributed by atoms with Crippen LogP contribution in [0.3, 0.4) is 0 Å². The van der Waals surface area contributed by atoms with E-state index in [1.807, 2.05) is 6.08 Å². The Morgan fingerprint density at radius 3 is 2.53 bits per heavy atom. The Balaban J connectivity index is 3.04. The van der Waals surface area contributed by atoms with E-state index in [9.17, 15) is 0 Å². The zero-order valence-electron chi connectivity index (χ0n) is 10.0. The quantitative estimate of drug-likeness (QED) is 0.704. The van der Waals surface area contributed by atoms with Gasteiger partial charge in [-0.05, 0) is 31.6 Å². The second-order valence-electron chi connectivity index (χ2n) is 4.10. The Morgan fingerprint density at radius 2 is 2.00 bits per heavy atom. The predicted molar refractivity (Wildman–Crippen MR) is 67.9 cm³/mol. The maximum absolute atomic E-state index is 3.87. The average Bonchev–Trinajstić information content (AvgIpc) is 2.25. The lowest BCUT2D eigenvalue weighted by Gasteiger charge is -2.25. The molecule has 0 fully saturated rings. The third-order valence-corrected chi connectivity index (χ3v) is 2.76. The Morgan fingerprint density at radius 1 is 1.33 bits per heavy atom. The smallest absolute Gasteiger partial charge is 0.0347 e. The second-order valence-corrected chi connectivity index (χ2v) is 4.10. The lowest BCUT2D eigenvalue weighted by atomic mass is 9.96. The molecule has 1 atom stereocenters. The Labute approximate surface area is 93.4 Å². The summed E-state index contributed by atoms with van der Waals surface area (Å²) in [6.45, 7) is 6.10. The number of hydrogen-bond donors (Lipinski definition) is 0. The summed E-state index contributed by atoms with van der Waals surface area (Å²) in [4.78, 5) is 2.28. The molecule has 0 bridgehead atoms. The minimum absolute atomic E-state index is 0.504. The fourth-order valence-electron chi connectivity index (χ4n) is 1.97. The van der Waals surface area contributed by atoms with Crippen molar-refractivity contribution in [2.75, 3.05) is 14.1 Å². The molecule has 1 nitrogen and oxygen atoms in total. The third-order valence-electron chi connectivity index (χ3n) is 2.76. The van der Waals surface area contributed by atoms with Crippen molar-refractivity contribution >= 4 is 6.08 Å². The first-order valence-electron chi connectivity index (χ1n) is 5.58. The molecule has 1 aromatic carbocycles. The van der Waals surface area contributed by atoms with Crippen LogP contribution in [0, 0.1) is 0 Å². The summed E-state index contributed by atoms with van der Waals surface area (Å²) < 4.78 is 0. The highest BCUT2D eigenvalue weighted by Crippen LogP contribution is 2.26. The van der Waals surface area contributed by atoms with Crippen LogP contribution in [-0.2, 0) is 0 Å². The van der Waals surface area contributed by atoms with Crippen LogP contribution in [0.25, 0.3) is 6.08 Å². The van der Waals surface area contributed by atoms with E-state index in [1.54, 1.807) is 0 Å². The number of hydrogen-bond acceptors (Lipinski definition) is 1. The van der Waals surface area contributed by atoms with Crippen LogP contribution in [0.2, 0.25) is 0 Å². The number of benzene rings is 1. The highest BCUT2D eigenvalue weighted by Gasteiger charge is 2.14. The van der Waals surface area contributed by atoms with Crippen molar-refractivity contribution in [1.82, 2.24) is 4.90 Å².